The van der Waals surface area contributed by atoms with Crippen LogP contribution in [0.3, 0.4) is 0 Å². The van der Waals surface area contributed by atoms with Crippen LogP contribution in [0.1, 0.15) is 17.0 Å². The average molecular weight is 413 g/mol. The Labute approximate surface area is 171 Å². The van der Waals surface area contributed by atoms with Crippen LogP contribution in [0.25, 0.3) is 0 Å². The van der Waals surface area contributed by atoms with Crippen molar-refractivity contribution in [2.45, 2.75) is 25.4 Å². The number of hydrogen-bond acceptors (Lipinski definition) is 6. The lowest BCUT2D eigenvalue weighted by molar-refractivity contribution is 0.410. The number of rotatable bonds is 8. The highest BCUT2D eigenvalue weighted by molar-refractivity contribution is 7.92. The zero-order valence-corrected chi connectivity index (χ0v) is 17.5. The van der Waals surface area contributed by atoms with Crippen LogP contribution < -0.4 is 14.8 Å². The number of anilines is 2. The fourth-order valence-electron chi connectivity index (χ4n) is 2.92. The van der Waals surface area contributed by atoms with E-state index in [0.29, 0.717) is 17.1 Å². The molecule has 0 fully saturated rings. The second-order valence-corrected chi connectivity index (χ2v) is 8.18. The standard InChI is InChI=1S/C21H24N4O3S/c1-15-14-16(2)24-21(23-15)29(26,27)25-19-10-8-18(9-11-19)22-13-12-17-6-4-5-7-20(17)28-3/h4-11,14,22,25H,12-13H2,1-3H3. The number of sulfonamides is 1. The Morgan fingerprint density at radius 2 is 1.55 bits per heavy atom. The van der Waals surface area contributed by atoms with E-state index in [4.69, 9.17) is 4.74 Å². The Hall–Kier alpha value is -3.13. The molecule has 8 heteroatoms. The van der Waals surface area contributed by atoms with Gasteiger partial charge >= 0.3 is 0 Å². The third kappa shape index (κ3) is 5.45. The predicted octanol–water partition coefficient (Wildman–Crippen LogP) is 3.56. The summed E-state index contributed by atoms with van der Waals surface area (Å²) in [6.07, 6.45) is 0.808. The molecular weight excluding hydrogens is 388 g/mol. The fourth-order valence-corrected chi connectivity index (χ4v) is 3.99. The van der Waals surface area contributed by atoms with E-state index in [0.717, 1.165) is 30.0 Å². The maximum atomic E-state index is 12.5. The molecule has 0 aliphatic rings. The monoisotopic (exact) mass is 412 g/mol. The number of nitrogens with zero attached hydrogens (tertiary/aromatic N) is 2. The molecule has 1 heterocycles. The number of nitrogens with one attached hydrogen (secondary N) is 2. The molecule has 2 N–H and O–H groups in total. The van der Waals surface area contributed by atoms with Crippen LogP contribution in [0.2, 0.25) is 0 Å². The molecule has 29 heavy (non-hydrogen) atoms. The molecule has 0 radical (unpaired) electrons. The maximum Gasteiger partial charge on any atom is 0.297 e. The Kier molecular flexibility index (Phi) is 6.33. The summed E-state index contributed by atoms with van der Waals surface area (Å²) in [4.78, 5) is 8.04. The number of methoxy groups -OCH3 is 1. The molecule has 2 aromatic carbocycles. The Balaban J connectivity index is 1.61. The number of ether oxygens (including phenoxy) is 1. The van der Waals surface area contributed by atoms with Gasteiger partial charge in [0.25, 0.3) is 15.2 Å². The fraction of sp³-hybridized carbons (Fsp3) is 0.238. The van der Waals surface area contributed by atoms with Crippen LogP contribution in [0.5, 0.6) is 5.75 Å². The molecule has 0 spiro atoms. The van der Waals surface area contributed by atoms with Gasteiger partial charge in [-0.1, -0.05) is 18.2 Å². The first-order valence-electron chi connectivity index (χ1n) is 9.18. The first-order chi connectivity index (χ1) is 13.9. The molecule has 0 unspecified atom stereocenters. The van der Waals surface area contributed by atoms with Crippen molar-refractivity contribution in [3.05, 3.63) is 71.5 Å². The third-order valence-electron chi connectivity index (χ3n) is 4.26. The maximum absolute atomic E-state index is 12.5. The second kappa shape index (κ2) is 8.91. The first-order valence-corrected chi connectivity index (χ1v) is 10.7. The second-order valence-electron chi connectivity index (χ2n) is 6.60. The summed E-state index contributed by atoms with van der Waals surface area (Å²) >= 11 is 0. The van der Waals surface area contributed by atoms with Gasteiger partial charge in [0.15, 0.2) is 0 Å². The highest BCUT2D eigenvalue weighted by atomic mass is 32.2. The lowest BCUT2D eigenvalue weighted by atomic mass is 10.1. The van der Waals surface area contributed by atoms with E-state index in [-0.39, 0.29) is 5.16 Å². The lowest BCUT2D eigenvalue weighted by Crippen LogP contribution is -2.17. The van der Waals surface area contributed by atoms with Gasteiger partial charge in [-0.05, 0) is 62.2 Å². The van der Waals surface area contributed by atoms with Gasteiger partial charge in [-0.2, -0.15) is 8.42 Å². The van der Waals surface area contributed by atoms with Gasteiger partial charge < -0.3 is 10.1 Å². The molecule has 0 amide bonds. The number of aromatic nitrogens is 2. The molecule has 152 valence electrons. The Bertz CT molecular complexity index is 1060. The molecule has 0 bridgehead atoms. The number of aryl methyl sites for hydroxylation is 2. The van der Waals surface area contributed by atoms with Crippen LogP contribution in [0, 0.1) is 13.8 Å². The molecule has 0 atom stereocenters. The Morgan fingerprint density at radius 3 is 2.21 bits per heavy atom. The van der Waals surface area contributed by atoms with Crippen molar-refractivity contribution in [1.29, 1.82) is 0 Å². The van der Waals surface area contributed by atoms with Crippen molar-refractivity contribution in [1.82, 2.24) is 9.97 Å². The van der Waals surface area contributed by atoms with Crippen LogP contribution >= 0.6 is 0 Å². The van der Waals surface area contributed by atoms with Gasteiger partial charge in [0, 0.05) is 29.3 Å². The van der Waals surface area contributed by atoms with E-state index in [1.807, 2.05) is 36.4 Å². The van der Waals surface area contributed by atoms with Crippen molar-refractivity contribution in [3.63, 3.8) is 0 Å². The number of hydrogen-bond donors (Lipinski definition) is 2. The minimum absolute atomic E-state index is 0.228. The molecule has 0 saturated heterocycles. The zero-order chi connectivity index (χ0) is 20.9. The molecule has 3 rings (SSSR count). The van der Waals surface area contributed by atoms with Crippen LogP contribution in [-0.2, 0) is 16.4 Å². The summed E-state index contributed by atoms with van der Waals surface area (Å²) in [5.74, 6) is 0.868. The van der Waals surface area contributed by atoms with Crippen molar-refractivity contribution >= 4 is 21.4 Å². The predicted molar refractivity (Wildman–Crippen MR) is 114 cm³/mol. The van der Waals surface area contributed by atoms with Crippen molar-refractivity contribution in [2.75, 3.05) is 23.7 Å². The largest absolute Gasteiger partial charge is 0.496 e. The van der Waals surface area contributed by atoms with Crippen LogP contribution in [0.15, 0.2) is 59.8 Å². The van der Waals surface area contributed by atoms with Crippen molar-refractivity contribution < 1.29 is 13.2 Å². The summed E-state index contributed by atoms with van der Waals surface area (Å²) in [5, 5.41) is 3.10. The topological polar surface area (TPSA) is 93.2 Å². The van der Waals surface area contributed by atoms with Gasteiger partial charge in [0.1, 0.15) is 5.75 Å². The van der Waals surface area contributed by atoms with E-state index < -0.39 is 10.0 Å². The Morgan fingerprint density at radius 1 is 0.931 bits per heavy atom. The van der Waals surface area contributed by atoms with Gasteiger partial charge in [0.05, 0.1) is 7.11 Å². The van der Waals surface area contributed by atoms with E-state index in [9.17, 15) is 8.42 Å². The van der Waals surface area contributed by atoms with Gasteiger partial charge in [0.2, 0.25) is 0 Å². The van der Waals surface area contributed by atoms with E-state index in [2.05, 4.69) is 20.0 Å². The summed E-state index contributed by atoms with van der Waals surface area (Å²) in [6.45, 7) is 4.19. The quantitative estimate of drug-likeness (QED) is 0.550. The van der Waals surface area contributed by atoms with E-state index in [1.165, 1.54) is 0 Å². The summed E-state index contributed by atoms with van der Waals surface area (Å²) < 4.78 is 32.9. The number of benzene rings is 2. The molecule has 0 saturated carbocycles. The molecule has 1 aromatic heterocycles. The van der Waals surface area contributed by atoms with Crippen LogP contribution in [-0.4, -0.2) is 32.0 Å². The van der Waals surface area contributed by atoms with Crippen LogP contribution in [0.4, 0.5) is 11.4 Å². The minimum atomic E-state index is -3.84. The van der Waals surface area contributed by atoms with E-state index in [1.54, 1.807) is 39.2 Å². The molecule has 0 aliphatic carbocycles. The molecule has 0 aliphatic heterocycles. The average Bonchev–Trinajstić information content (AvgIpc) is 2.69. The summed E-state index contributed by atoms with van der Waals surface area (Å²) in [6, 6.07) is 16.7. The lowest BCUT2D eigenvalue weighted by Gasteiger charge is -2.11. The van der Waals surface area contributed by atoms with Gasteiger partial charge in [-0.3, -0.25) is 4.72 Å². The molecule has 7 nitrogen and oxygen atoms in total. The zero-order valence-electron chi connectivity index (χ0n) is 16.6. The third-order valence-corrected chi connectivity index (χ3v) is 5.42. The van der Waals surface area contributed by atoms with E-state index >= 15 is 0 Å². The van der Waals surface area contributed by atoms with Crippen molar-refractivity contribution in [3.8, 4) is 5.75 Å². The molecule has 3 aromatic rings. The first kappa shape index (κ1) is 20.6. The van der Waals surface area contributed by atoms with Gasteiger partial charge in [-0.25, -0.2) is 9.97 Å². The minimum Gasteiger partial charge on any atom is -0.496 e. The molecular formula is C21H24N4O3S. The highest BCUT2D eigenvalue weighted by Gasteiger charge is 2.18. The highest BCUT2D eigenvalue weighted by Crippen LogP contribution is 2.19. The summed E-state index contributed by atoms with van der Waals surface area (Å²) in [5.41, 5.74) is 3.67. The number of para-hydroxylation sites is 1. The van der Waals surface area contributed by atoms with Crippen molar-refractivity contribution in [2.24, 2.45) is 0 Å². The SMILES string of the molecule is COc1ccccc1CCNc1ccc(NS(=O)(=O)c2nc(C)cc(C)n2)cc1. The normalized spacial score (nSPS) is 11.1. The van der Waals surface area contributed by atoms with Gasteiger partial charge in [-0.15, -0.1) is 0 Å². The smallest absolute Gasteiger partial charge is 0.297 e. The summed E-state index contributed by atoms with van der Waals surface area (Å²) in [7, 11) is -2.18.